The largest absolute Gasteiger partial charge is 0.411 e. The third-order valence-corrected chi connectivity index (χ3v) is 2.02. The molecule has 1 atom stereocenters. The number of rotatable bonds is 5. The Balaban J connectivity index is 3.82. The van der Waals surface area contributed by atoms with Crippen LogP contribution in [-0.2, 0) is 0 Å². The van der Waals surface area contributed by atoms with Crippen molar-refractivity contribution in [1.82, 2.24) is 0 Å². The average Bonchev–Trinajstić information content (AvgIpc) is 2.00. The molecule has 0 saturated carbocycles. The third kappa shape index (κ3) is 4.94. The van der Waals surface area contributed by atoms with Gasteiger partial charge in [-0.3, -0.25) is 0 Å². The van der Waals surface area contributed by atoms with Gasteiger partial charge in [0.2, 0.25) is 0 Å². The summed E-state index contributed by atoms with van der Waals surface area (Å²) in [6, 6.07) is 0. The molecule has 0 rings (SSSR count). The molecule has 2 nitrogen and oxygen atoms in total. The summed E-state index contributed by atoms with van der Waals surface area (Å²) in [5.41, 5.74) is 0.183. The molecule has 0 heterocycles. The number of hydrogen-bond donors (Lipinski definition) is 1. The van der Waals surface area contributed by atoms with E-state index in [-0.39, 0.29) is 5.41 Å². The summed E-state index contributed by atoms with van der Waals surface area (Å²) in [5, 5.41) is 11.2. The molecular formula is C10H19NO. The van der Waals surface area contributed by atoms with Crippen molar-refractivity contribution in [2.75, 3.05) is 0 Å². The van der Waals surface area contributed by atoms with Gasteiger partial charge in [0.15, 0.2) is 0 Å². The lowest BCUT2D eigenvalue weighted by molar-refractivity contribution is 0.315. The molecule has 0 bridgehead atoms. The first-order chi connectivity index (χ1) is 5.52. The highest BCUT2D eigenvalue weighted by molar-refractivity contribution is 5.56. The van der Waals surface area contributed by atoms with E-state index in [4.69, 9.17) is 5.21 Å². The van der Waals surface area contributed by atoms with E-state index in [0.29, 0.717) is 5.92 Å². The zero-order valence-electron chi connectivity index (χ0n) is 8.25. The van der Waals surface area contributed by atoms with Crippen molar-refractivity contribution in [2.45, 2.75) is 33.6 Å². The second-order valence-electron chi connectivity index (χ2n) is 4.04. The lowest BCUT2D eigenvalue weighted by atomic mass is 9.83. The van der Waals surface area contributed by atoms with E-state index in [1.807, 2.05) is 6.08 Å². The first kappa shape index (κ1) is 11.2. The van der Waals surface area contributed by atoms with Crippen LogP contribution in [0, 0.1) is 11.3 Å². The van der Waals surface area contributed by atoms with Gasteiger partial charge in [0.25, 0.3) is 0 Å². The van der Waals surface area contributed by atoms with Crippen LogP contribution in [0.3, 0.4) is 0 Å². The van der Waals surface area contributed by atoms with Crippen LogP contribution in [0.25, 0.3) is 0 Å². The van der Waals surface area contributed by atoms with Crippen LogP contribution in [0.15, 0.2) is 17.8 Å². The van der Waals surface area contributed by atoms with Gasteiger partial charge in [-0.05, 0) is 24.2 Å². The van der Waals surface area contributed by atoms with E-state index in [0.717, 1.165) is 12.8 Å². The number of nitrogens with zero attached hydrogens (tertiary/aromatic N) is 1. The number of hydrogen-bond acceptors (Lipinski definition) is 2. The van der Waals surface area contributed by atoms with Gasteiger partial charge >= 0.3 is 0 Å². The quantitative estimate of drug-likeness (QED) is 0.292. The van der Waals surface area contributed by atoms with E-state index >= 15 is 0 Å². The van der Waals surface area contributed by atoms with E-state index in [1.54, 1.807) is 6.21 Å². The number of allylic oxidation sites excluding steroid dienone is 1. The van der Waals surface area contributed by atoms with Gasteiger partial charge in [0.05, 0.1) is 0 Å². The standard InChI is InChI=1S/C10H19NO/c1-5-10(3,4)8-9(2)6-7-11-12/h5,7,9,12H,1,6,8H2,2-4H3. The molecule has 0 aliphatic carbocycles. The smallest absolute Gasteiger partial charge is 0.0438 e. The van der Waals surface area contributed by atoms with E-state index in [2.05, 4.69) is 32.5 Å². The molecule has 0 aromatic carbocycles. The maximum absolute atomic E-state index is 8.22. The molecule has 0 saturated heterocycles. The summed E-state index contributed by atoms with van der Waals surface area (Å²) in [7, 11) is 0. The number of oxime groups is 1. The predicted molar refractivity (Wildman–Crippen MR) is 52.7 cm³/mol. The molecule has 2 heteroatoms. The van der Waals surface area contributed by atoms with E-state index < -0.39 is 0 Å². The Bertz CT molecular complexity index is 161. The summed E-state index contributed by atoms with van der Waals surface area (Å²) in [5.74, 6) is 0.536. The molecule has 0 amide bonds. The van der Waals surface area contributed by atoms with Crippen LogP contribution in [0.2, 0.25) is 0 Å². The molecule has 1 N–H and O–H groups in total. The Morgan fingerprint density at radius 2 is 2.17 bits per heavy atom. The van der Waals surface area contributed by atoms with Crippen LogP contribution in [0.1, 0.15) is 33.6 Å². The van der Waals surface area contributed by atoms with E-state index in [1.165, 1.54) is 0 Å². The third-order valence-electron chi connectivity index (χ3n) is 2.02. The zero-order chi connectivity index (χ0) is 9.61. The van der Waals surface area contributed by atoms with Crippen LogP contribution in [-0.4, -0.2) is 11.4 Å². The molecule has 0 radical (unpaired) electrons. The topological polar surface area (TPSA) is 32.6 Å². The Kier molecular flexibility index (Phi) is 4.64. The highest BCUT2D eigenvalue weighted by Gasteiger charge is 2.16. The highest BCUT2D eigenvalue weighted by atomic mass is 16.4. The predicted octanol–water partition coefficient (Wildman–Crippen LogP) is 3.07. The van der Waals surface area contributed by atoms with Crippen LogP contribution >= 0.6 is 0 Å². The lowest BCUT2D eigenvalue weighted by Gasteiger charge is -2.23. The summed E-state index contributed by atoms with van der Waals surface area (Å²) in [4.78, 5) is 0. The summed E-state index contributed by atoms with van der Waals surface area (Å²) in [6.07, 6.45) is 5.42. The van der Waals surface area contributed by atoms with Crippen molar-refractivity contribution in [3.05, 3.63) is 12.7 Å². The molecule has 0 fully saturated rings. The fourth-order valence-electron chi connectivity index (χ4n) is 1.29. The minimum absolute atomic E-state index is 0.183. The molecule has 0 aliphatic rings. The second-order valence-corrected chi connectivity index (χ2v) is 4.04. The normalized spacial score (nSPS) is 14.9. The Labute approximate surface area is 75.0 Å². The molecule has 70 valence electrons. The molecule has 0 aromatic heterocycles. The van der Waals surface area contributed by atoms with Crippen molar-refractivity contribution in [2.24, 2.45) is 16.5 Å². The van der Waals surface area contributed by atoms with Crippen LogP contribution in [0.4, 0.5) is 0 Å². The molecule has 0 aliphatic heterocycles. The maximum Gasteiger partial charge on any atom is 0.0438 e. The first-order valence-electron chi connectivity index (χ1n) is 4.31. The average molecular weight is 169 g/mol. The second kappa shape index (κ2) is 4.96. The van der Waals surface area contributed by atoms with Gasteiger partial charge in [-0.1, -0.05) is 26.8 Å². The van der Waals surface area contributed by atoms with E-state index in [9.17, 15) is 0 Å². The van der Waals surface area contributed by atoms with Gasteiger partial charge in [0, 0.05) is 6.21 Å². The first-order valence-corrected chi connectivity index (χ1v) is 4.31. The Hall–Kier alpha value is -0.790. The fourth-order valence-corrected chi connectivity index (χ4v) is 1.29. The molecule has 12 heavy (non-hydrogen) atoms. The SMILES string of the molecule is C=CC(C)(C)CC(C)CC=NO. The van der Waals surface area contributed by atoms with Gasteiger partial charge in [-0.15, -0.1) is 11.7 Å². The van der Waals surface area contributed by atoms with Crippen LogP contribution in [0.5, 0.6) is 0 Å². The molecule has 0 aromatic rings. The summed E-state index contributed by atoms with van der Waals surface area (Å²) >= 11 is 0. The maximum atomic E-state index is 8.22. The minimum Gasteiger partial charge on any atom is -0.411 e. The van der Waals surface area contributed by atoms with Crippen molar-refractivity contribution in [3.63, 3.8) is 0 Å². The fraction of sp³-hybridized carbons (Fsp3) is 0.700. The zero-order valence-corrected chi connectivity index (χ0v) is 8.25. The van der Waals surface area contributed by atoms with Gasteiger partial charge in [-0.25, -0.2) is 0 Å². The van der Waals surface area contributed by atoms with Crippen molar-refractivity contribution < 1.29 is 5.21 Å². The summed E-state index contributed by atoms with van der Waals surface area (Å²) < 4.78 is 0. The lowest BCUT2D eigenvalue weighted by Crippen LogP contribution is -2.12. The van der Waals surface area contributed by atoms with Crippen molar-refractivity contribution in [3.8, 4) is 0 Å². The van der Waals surface area contributed by atoms with Crippen molar-refractivity contribution >= 4 is 6.21 Å². The molecule has 1 unspecified atom stereocenters. The minimum atomic E-state index is 0.183. The van der Waals surface area contributed by atoms with Crippen molar-refractivity contribution in [1.29, 1.82) is 0 Å². The van der Waals surface area contributed by atoms with Crippen LogP contribution < -0.4 is 0 Å². The van der Waals surface area contributed by atoms with Gasteiger partial charge in [-0.2, -0.15) is 0 Å². The Morgan fingerprint density at radius 1 is 1.58 bits per heavy atom. The Morgan fingerprint density at radius 3 is 2.58 bits per heavy atom. The summed E-state index contributed by atoms with van der Waals surface area (Å²) in [6.45, 7) is 10.2. The molecular weight excluding hydrogens is 150 g/mol. The van der Waals surface area contributed by atoms with Gasteiger partial charge < -0.3 is 5.21 Å². The molecule has 0 spiro atoms. The monoisotopic (exact) mass is 169 g/mol. The van der Waals surface area contributed by atoms with Gasteiger partial charge in [0.1, 0.15) is 0 Å². The highest BCUT2D eigenvalue weighted by Crippen LogP contribution is 2.27.